The Hall–Kier alpha value is -2.33. The van der Waals surface area contributed by atoms with Gasteiger partial charge in [0.05, 0.1) is 6.04 Å². The molecular weight excluding hydrogens is 310 g/mol. The summed E-state index contributed by atoms with van der Waals surface area (Å²) in [6.45, 7) is 4.16. The number of urea groups is 1. The van der Waals surface area contributed by atoms with Gasteiger partial charge in [0.15, 0.2) is 0 Å². The van der Waals surface area contributed by atoms with Gasteiger partial charge in [-0.2, -0.15) is 0 Å². The number of benzene rings is 2. The van der Waals surface area contributed by atoms with Crippen LogP contribution < -0.4 is 10.6 Å². The van der Waals surface area contributed by atoms with Crippen LogP contribution in [0.3, 0.4) is 0 Å². The first-order chi connectivity index (χ1) is 12.1. The van der Waals surface area contributed by atoms with Gasteiger partial charge in [0.2, 0.25) is 0 Å². The number of rotatable bonds is 4. The number of nitrogens with one attached hydrogen (secondary N) is 2. The van der Waals surface area contributed by atoms with Crippen LogP contribution in [-0.4, -0.2) is 36.6 Å². The van der Waals surface area contributed by atoms with Crippen LogP contribution in [0.5, 0.6) is 0 Å². The summed E-state index contributed by atoms with van der Waals surface area (Å²) in [5.41, 5.74) is 2.02. The van der Waals surface area contributed by atoms with Gasteiger partial charge >= 0.3 is 6.03 Å². The van der Waals surface area contributed by atoms with Crippen LogP contribution in [0.1, 0.15) is 36.9 Å². The second-order valence-electron chi connectivity index (χ2n) is 7.22. The van der Waals surface area contributed by atoms with Crippen molar-refractivity contribution in [3.05, 3.63) is 71.8 Å². The van der Waals surface area contributed by atoms with Crippen LogP contribution in [-0.2, 0) is 0 Å². The Labute approximate surface area is 150 Å². The zero-order valence-corrected chi connectivity index (χ0v) is 15.0. The monoisotopic (exact) mass is 337 g/mol. The van der Waals surface area contributed by atoms with Gasteiger partial charge in [-0.1, -0.05) is 60.7 Å². The molecule has 1 fully saturated rings. The first-order valence-corrected chi connectivity index (χ1v) is 8.93. The van der Waals surface area contributed by atoms with Gasteiger partial charge in [-0.25, -0.2) is 4.79 Å². The van der Waals surface area contributed by atoms with Crippen molar-refractivity contribution < 1.29 is 4.79 Å². The lowest BCUT2D eigenvalue weighted by molar-refractivity contribution is 0.167. The predicted octanol–water partition coefficient (Wildman–Crippen LogP) is 3.56. The van der Waals surface area contributed by atoms with Crippen molar-refractivity contribution in [1.29, 1.82) is 0 Å². The van der Waals surface area contributed by atoms with Crippen molar-refractivity contribution in [3.8, 4) is 0 Å². The summed E-state index contributed by atoms with van der Waals surface area (Å²) in [5, 5.41) is 6.38. The van der Waals surface area contributed by atoms with Crippen LogP contribution >= 0.6 is 0 Å². The average molecular weight is 337 g/mol. The summed E-state index contributed by atoms with van der Waals surface area (Å²) in [4.78, 5) is 15.0. The van der Waals surface area contributed by atoms with Crippen LogP contribution in [0.25, 0.3) is 0 Å². The standard InChI is InChI=1S/C21H27N3O/c1-21(13-15-24(2)16-14-21)23-20(25)22-19(17-9-5-3-6-10-17)18-11-7-4-8-12-18/h3-12,19H,13-16H2,1-2H3,(H2,22,23,25). The quantitative estimate of drug-likeness (QED) is 0.896. The number of hydrogen-bond donors (Lipinski definition) is 2. The number of hydrogen-bond acceptors (Lipinski definition) is 2. The molecule has 2 N–H and O–H groups in total. The molecule has 2 amide bonds. The van der Waals surface area contributed by atoms with E-state index in [1.807, 2.05) is 36.4 Å². The van der Waals surface area contributed by atoms with E-state index in [4.69, 9.17) is 0 Å². The molecule has 3 rings (SSSR count). The molecule has 0 spiro atoms. The Kier molecular flexibility index (Phi) is 5.39. The molecule has 2 aromatic carbocycles. The summed E-state index contributed by atoms with van der Waals surface area (Å²) in [6.07, 6.45) is 1.94. The lowest BCUT2D eigenvalue weighted by Gasteiger charge is -2.38. The number of carbonyl (C=O) groups is 1. The van der Waals surface area contributed by atoms with Gasteiger partial charge in [0.1, 0.15) is 0 Å². The maximum atomic E-state index is 12.7. The Bertz CT molecular complexity index is 639. The number of piperidine rings is 1. The highest BCUT2D eigenvalue weighted by atomic mass is 16.2. The number of carbonyl (C=O) groups excluding carboxylic acids is 1. The van der Waals surface area contributed by atoms with Crippen LogP contribution in [0, 0.1) is 0 Å². The molecule has 2 aromatic rings. The molecule has 0 unspecified atom stereocenters. The fourth-order valence-electron chi connectivity index (χ4n) is 3.33. The van der Waals surface area contributed by atoms with Crippen LogP contribution in [0.4, 0.5) is 4.79 Å². The molecule has 0 aliphatic carbocycles. The van der Waals surface area contributed by atoms with Gasteiger partial charge in [-0.3, -0.25) is 0 Å². The predicted molar refractivity (Wildman–Crippen MR) is 102 cm³/mol. The Morgan fingerprint density at radius 1 is 0.960 bits per heavy atom. The van der Waals surface area contributed by atoms with Gasteiger partial charge < -0.3 is 15.5 Å². The minimum atomic E-state index is -0.155. The van der Waals surface area contributed by atoms with Crippen molar-refractivity contribution in [1.82, 2.24) is 15.5 Å². The molecule has 1 aliphatic rings. The zero-order chi connectivity index (χ0) is 17.7. The molecular formula is C21H27N3O. The van der Waals surface area contributed by atoms with Gasteiger partial charge in [0.25, 0.3) is 0 Å². The first-order valence-electron chi connectivity index (χ1n) is 8.93. The largest absolute Gasteiger partial charge is 0.333 e. The highest BCUT2D eigenvalue weighted by Crippen LogP contribution is 2.23. The van der Waals surface area contributed by atoms with E-state index in [1.54, 1.807) is 0 Å². The molecule has 1 saturated heterocycles. The van der Waals surface area contributed by atoms with E-state index in [2.05, 4.69) is 53.8 Å². The number of amides is 2. The van der Waals surface area contributed by atoms with Crippen molar-refractivity contribution in [2.45, 2.75) is 31.3 Å². The highest BCUT2D eigenvalue weighted by molar-refractivity contribution is 5.76. The Balaban J connectivity index is 1.73. The van der Waals surface area contributed by atoms with E-state index in [0.717, 1.165) is 37.1 Å². The molecule has 4 heteroatoms. The normalized spacial score (nSPS) is 17.2. The maximum Gasteiger partial charge on any atom is 0.315 e. The Morgan fingerprint density at radius 2 is 1.44 bits per heavy atom. The summed E-state index contributed by atoms with van der Waals surface area (Å²) in [5.74, 6) is 0. The lowest BCUT2D eigenvalue weighted by atomic mass is 9.90. The summed E-state index contributed by atoms with van der Waals surface area (Å²) < 4.78 is 0. The van der Waals surface area contributed by atoms with Gasteiger partial charge in [-0.05, 0) is 37.9 Å². The van der Waals surface area contributed by atoms with Gasteiger partial charge in [-0.15, -0.1) is 0 Å². The fourth-order valence-corrected chi connectivity index (χ4v) is 3.33. The summed E-state index contributed by atoms with van der Waals surface area (Å²) in [6, 6.07) is 19.9. The molecule has 4 nitrogen and oxygen atoms in total. The summed E-state index contributed by atoms with van der Waals surface area (Å²) in [7, 11) is 2.13. The molecule has 0 aromatic heterocycles. The molecule has 1 heterocycles. The molecule has 0 atom stereocenters. The molecule has 25 heavy (non-hydrogen) atoms. The Morgan fingerprint density at radius 3 is 1.92 bits per heavy atom. The van der Waals surface area contributed by atoms with E-state index < -0.39 is 0 Å². The van der Waals surface area contributed by atoms with Crippen molar-refractivity contribution in [2.24, 2.45) is 0 Å². The van der Waals surface area contributed by atoms with Crippen LogP contribution in [0.15, 0.2) is 60.7 Å². The third-order valence-corrected chi connectivity index (χ3v) is 5.05. The smallest absolute Gasteiger partial charge is 0.315 e. The van der Waals surface area contributed by atoms with E-state index in [1.165, 1.54) is 0 Å². The van der Waals surface area contributed by atoms with Crippen molar-refractivity contribution in [2.75, 3.05) is 20.1 Å². The SMILES string of the molecule is CN1CCC(C)(NC(=O)NC(c2ccccc2)c2ccccc2)CC1. The third kappa shape index (κ3) is 4.60. The topological polar surface area (TPSA) is 44.4 Å². The average Bonchev–Trinajstić information content (AvgIpc) is 2.64. The molecule has 0 saturated carbocycles. The second kappa shape index (κ2) is 7.70. The van der Waals surface area contributed by atoms with Crippen molar-refractivity contribution >= 4 is 6.03 Å². The summed E-state index contributed by atoms with van der Waals surface area (Å²) >= 11 is 0. The second-order valence-corrected chi connectivity index (χ2v) is 7.22. The minimum absolute atomic E-state index is 0.107. The first kappa shape index (κ1) is 17.5. The van der Waals surface area contributed by atoms with E-state index in [-0.39, 0.29) is 17.6 Å². The highest BCUT2D eigenvalue weighted by Gasteiger charge is 2.31. The van der Waals surface area contributed by atoms with E-state index in [0.29, 0.717) is 0 Å². The number of nitrogens with zero attached hydrogens (tertiary/aromatic N) is 1. The number of likely N-dealkylation sites (tertiary alicyclic amines) is 1. The molecule has 0 radical (unpaired) electrons. The zero-order valence-electron chi connectivity index (χ0n) is 15.0. The fraction of sp³-hybridized carbons (Fsp3) is 0.381. The maximum absolute atomic E-state index is 12.7. The molecule has 132 valence electrons. The van der Waals surface area contributed by atoms with E-state index >= 15 is 0 Å². The minimum Gasteiger partial charge on any atom is -0.333 e. The van der Waals surface area contributed by atoms with Crippen molar-refractivity contribution in [3.63, 3.8) is 0 Å². The molecule has 1 aliphatic heterocycles. The van der Waals surface area contributed by atoms with Crippen LogP contribution in [0.2, 0.25) is 0 Å². The molecule has 0 bridgehead atoms. The lowest BCUT2D eigenvalue weighted by Crippen LogP contribution is -2.55. The third-order valence-electron chi connectivity index (χ3n) is 5.05. The van der Waals surface area contributed by atoms with Gasteiger partial charge in [0, 0.05) is 18.6 Å². The van der Waals surface area contributed by atoms with E-state index in [9.17, 15) is 4.79 Å².